The second-order valence-electron chi connectivity index (χ2n) is 4.97. The zero-order valence-electron chi connectivity index (χ0n) is 10.7. The molecule has 2 N–H and O–H groups in total. The van der Waals surface area contributed by atoms with Gasteiger partial charge in [0.15, 0.2) is 0 Å². The largest absolute Gasteiger partial charge is 0.342 e. The Bertz CT molecular complexity index is 459. The molecular formula is C14H18BrFN2O. The SMILES string of the molecule is NCC1CCN(C(=O)Cc2cc(F)ccc2Br)CC1. The summed E-state index contributed by atoms with van der Waals surface area (Å²) in [4.78, 5) is 14.0. The monoisotopic (exact) mass is 328 g/mol. The van der Waals surface area contributed by atoms with E-state index >= 15 is 0 Å². The van der Waals surface area contributed by atoms with Gasteiger partial charge >= 0.3 is 0 Å². The normalized spacial score (nSPS) is 16.7. The third kappa shape index (κ3) is 3.76. The summed E-state index contributed by atoms with van der Waals surface area (Å²) < 4.78 is 14.0. The first-order valence-electron chi connectivity index (χ1n) is 6.52. The number of amides is 1. The summed E-state index contributed by atoms with van der Waals surface area (Å²) in [5.41, 5.74) is 6.33. The standard InChI is InChI=1S/C14H18BrFN2O/c15-13-2-1-12(16)7-11(13)8-14(19)18-5-3-10(9-17)4-6-18/h1-2,7,10H,3-6,8-9,17H2. The van der Waals surface area contributed by atoms with E-state index in [1.807, 2.05) is 4.90 Å². The van der Waals surface area contributed by atoms with E-state index in [0.29, 0.717) is 18.0 Å². The molecule has 3 nitrogen and oxygen atoms in total. The van der Waals surface area contributed by atoms with Crippen LogP contribution >= 0.6 is 15.9 Å². The van der Waals surface area contributed by atoms with Gasteiger partial charge in [-0.25, -0.2) is 4.39 Å². The Kier molecular flexibility index (Phi) is 4.93. The molecule has 0 saturated carbocycles. The van der Waals surface area contributed by atoms with Gasteiger partial charge in [-0.15, -0.1) is 0 Å². The number of carbonyl (C=O) groups excluding carboxylic acids is 1. The molecule has 0 atom stereocenters. The van der Waals surface area contributed by atoms with E-state index in [1.165, 1.54) is 12.1 Å². The van der Waals surface area contributed by atoms with E-state index in [2.05, 4.69) is 15.9 Å². The minimum absolute atomic E-state index is 0.0572. The molecule has 104 valence electrons. The van der Waals surface area contributed by atoms with Crippen LogP contribution in [0.2, 0.25) is 0 Å². The fraction of sp³-hybridized carbons (Fsp3) is 0.500. The minimum atomic E-state index is -0.312. The molecule has 0 aromatic heterocycles. The van der Waals surface area contributed by atoms with Crippen molar-refractivity contribution in [2.24, 2.45) is 11.7 Å². The van der Waals surface area contributed by atoms with Gasteiger partial charge in [0, 0.05) is 17.6 Å². The van der Waals surface area contributed by atoms with Gasteiger partial charge in [-0.2, -0.15) is 0 Å². The lowest BCUT2D eigenvalue weighted by Gasteiger charge is -2.31. The van der Waals surface area contributed by atoms with Crippen LogP contribution in [0.3, 0.4) is 0 Å². The molecule has 1 fully saturated rings. The lowest BCUT2D eigenvalue weighted by atomic mass is 9.96. The summed E-state index contributed by atoms with van der Waals surface area (Å²) in [6.07, 6.45) is 2.17. The number of nitrogens with two attached hydrogens (primary N) is 1. The maximum Gasteiger partial charge on any atom is 0.227 e. The highest BCUT2D eigenvalue weighted by molar-refractivity contribution is 9.10. The summed E-state index contributed by atoms with van der Waals surface area (Å²) in [6, 6.07) is 4.43. The number of piperidine rings is 1. The second-order valence-corrected chi connectivity index (χ2v) is 5.83. The van der Waals surface area contributed by atoms with Gasteiger partial charge in [-0.05, 0) is 49.1 Å². The molecule has 0 radical (unpaired) electrons. The zero-order chi connectivity index (χ0) is 13.8. The van der Waals surface area contributed by atoms with E-state index in [4.69, 9.17) is 5.73 Å². The van der Waals surface area contributed by atoms with E-state index in [9.17, 15) is 9.18 Å². The molecule has 5 heteroatoms. The van der Waals surface area contributed by atoms with Gasteiger partial charge < -0.3 is 10.6 Å². The highest BCUT2D eigenvalue weighted by atomic mass is 79.9. The van der Waals surface area contributed by atoms with Crippen molar-refractivity contribution in [2.75, 3.05) is 19.6 Å². The van der Waals surface area contributed by atoms with Crippen LogP contribution in [0.25, 0.3) is 0 Å². The van der Waals surface area contributed by atoms with Crippen LogP contribution < -0.4 is 5.73 Å². The molecule has 0 unspecified atom stereocenters. The molecule has 2 rings (SSSR count). The number of hydrogen-bond donors (Lipinski definition) is 1. The van der Waals surface area contributed by atoms with E-state index in [-0.39, 0.29) is 18.1 Å². The number of rotatable bonds is 3. The Morgan fingerprint density at radius 1 is 1.42 bits per heavy atom. The van der Waals surface area contributed by atoms with Crippen molar-refractivity contribution in [3.05, 3.63) is 34.1 Å². The fourth-order valence-corrected chi connectivity index (χ4v) is 2.76. The predicted molar refractivity (Wildman–Crippen MR) is 76.2 cm³/mol. The average molecular weight is 329 g/mol. The van der Waals surface area contributed by atoms with Gasteiger partial charge in [0.25, 0.3) is 0 Å². The van der Waals surface area contributed by atoms with E-state index in [0.717, 1.165) is 30.4 Å². The summed E-state index contributed by atoms with van der Waals surface area (Å²) in [5.74, 6) is 0.277. The summed E-state index contributed by atoms with van der Waals surface area (Å²) in [6.45, 7) is 2.21. The number of carbonyl (C=O) groups is 1. The van der Waals surface area contributed by atoms with Crippen LogP contribution in [0.5, 0.6) is 0 Å². The number of benzene rings is 1. The Morgan fingerprint density at radius 3 is 2.74 bits per heavy atom. The first kappa shape index (κ1) is 14.5. The number of halogens is 2. The third-order valence-electron chi connectivity index (χ3n) is 3.65. The molecule has 1 aromatic rings. The average Bonchev–Trinajstić information content (AvgIpc) is 2.43. The molecule has 0 spiro atoms. The van der Waals surface area contributed by atoms with Gasteiger partial charge in [0.05, 0.1) is 6.42 Å². The third-order valence-corrected chi connectivity index (χ3v) is 4.42. The van der Waals surface area contributed by atoms with Crippen LogP contribution in [0.1, 0.15) is 18.4 Å². The second kappa shape index (κ2) is 6.48. The maximum atomic E-state index is 13.2. The molecule has 1 aromatic carbocycles. The molecule has 1 heterocycles. The summed E-state index contributed by atoms with van der Waals surface area (Å²) in [7, 11) is 0. The van der Waals surface area contributed by atoms with Gasteiger partial charge in [-0.1, -0.05) is 15.9 Å². The molecule has 1 aliphatic heterocycles. The Hall–Kier alpha value is -0.940. The smallest absolute Gasteiger partial charge is 0.227 e. The molecule has 0 bridgehead atoms. The Morgan fingerprint density at radius 2 is 2.11 bits per heavy atom. The Labute approximate surface area is 121 Å². The van der Waals surface area contributed by atoms with Crippen molar-refractivity contribution in [1.29, 1.82) is 0 Å². The lowest BCUT2D eigenvalue weighted by molar-refractivity contribution is -0.131. The number of hydrogen-bond acceptors (Lipinski definition) is 2. The molecule has 0 aliphatic carbocycles. The lowest BCUT2D eigenvalue weighted by Crippen LogP contribution is -2.40. The fourth-order valence-electron chi connectivity index (χ4n) is 2.37. The van der Waals surface area contributed by atoms with Gasteiger partial charge in [-0.3, -0.25) is 4.79 Å². The topological polar surface area (TPSA) is 46.3 Å². The van der Waals surface area contributed by atoms with Crippen molar-refractivity contribution in [1.82, 2.24) is 4.90 Å². The van der Waals surface area contributed by atoms with Crippen molar-refractivity contribution in [2.45, 2.75) is 19.3 Å². The van der Waals surface area contributed by atoms with Gasteiger partial charge in [0.2, 0.25) is 5.91 Å². The van der Waals surface area contributed by atoms with Crippen molar-refractivity contribution >= 4 is 21.8 Å². The summed E-state index contributed by atoms with van der Waals surface area (Å²) >= 11 is 3.35. The van der Waals surface area contributed by atoms with Gasteiger partial charge in [0.1, 0.15) is 5.82 Å². The minimum Gasteiger partial charge on any atom is -0.342 e. The van der Waals surface area contributed by atoms with Crippen LogP contribution in [-0.2, 0) is 11.2 Å². The Balaban J connectivity index is 1.96. The highest BCUT2D eigenvalue weighted by Gasteiger charge is 2.22. The number of likely N-dealkylation sites (tertiary alicyclic amines) is 1. The number of nitrogens with zero attached hydrogens (tertiary/aromatic N) is 1. The van der Waals surface area contributed by atoms with Crippen molar-refractivity contribution in [3.8, 4) is 0 Å². The van der Waals surface area contributed by atoms with E-state index in [1.54, 1.807) is 6.07 Å². The molecule has 1 saturated heterocycles. The maximum absolute atomic E-state index is 13.2. The molecule has 1 aliphatic rings. The predicted octanol–water partition coefficient (Wildman–Crippen LogP) is 2.33. The molecular weight excluding hydrogens is 311 g/mol. The van der Waals surface area contributed by atoms with Crippen LogP contribution in [0, 0.1) is 11.7 Å². The van der Waals surface area contributed by atoms with E-state index < -0.39 is 0 Å². The van der Waals surface area contributed by atoms with Crippen LogP contribution in [-0.4, -0.2) is 30.4 Å². The first-order chi connectivity index (χ1) is 9.10. The van der Waals surface area contributed by atoms with Crippen molar-refractivity contribution in [3.63, 3.8) is 0 Å². The van der Waals surface area contributed by atoms with Crippen LogP contribution in [0.15, 0.2) is 22.7 Å². The first-order valence-corrected chi connectivity index (χ1v) is 7.31. The molecule has 1 amide bonds. The van der Waals surface area contributed by atoms with Crippen LogP contribution in [0.4, 0.5) is 4.39 Å². The van der Waals surface area contributed by atoms with Crippen molar-refractivity contribution < 1.29 is 9.18 Å². The zero-order valence-corrected chi connectivity index (χ0v) is 12.3. The summed E-state index contributed by atoms with van der Waals surface area (Å²) in [5, 5.41) is 0. The quantitative estimate of drug-likeness (QED) is 0.925. The molecule has 19 heavy (non-hydrogen) atoms. The highest BCUT2D eigenvalue weighted by Crippen LogP contribution is 2.21.